The second-order valence-electron chi connectivity index (χ2n) is 10.0. The third-order valence-corrected chi connectivity index (χ3v) is 7.40. The SMILES string of the molecule is C[C@H](N(Cc1ccc(F)cc1)C(=O)CN1CO[C@]2(C(=O)Cc3cc(-c4cccc(C(F)F)n4)ccc32)C1=O)C(F)(F)F. The van der Waals surface area contributed by atoms with Gasteiger partial charge in [0.2, 0.25) is 11.5 Å². The van der Waals surface area contributed by atoms with E-state index in [1.54, 1.807) is 6.07 Å². The number of pyridine rings is 1. The summed E-state index contributed by atoms with van der Waals surface area (Å²) in [6, 6.07) is 11.0. The molecule has 1 saturated heterocycles. The van der Waals surface area contributed by atoms with Gasteiger partial charge in [-0.2, -0.15) is 13.2 Å². The van der Waals surface area contributed by atoms with Crippen molar-refractivity contribution in [1.29, 1.82) is 0 Å². The average Bonchev–Trinajstić information content (AvgIpc) is 3.43. The monoisotopic (exact) mass is 591 g/mol. The first-order valence-electron chi connectivity index (χ1n) is 12.8. The van der Waals surface area contributed by atoms with Crippen LogP contribution in [-0.4, -0.2) is 57.9 Å². The second-order valence-corrected chi connectivity index (χ2v) is 10.0. The molecule has 0 bridgehead atoms. The highest BCUT2D eigenvalue weighted by Gasteiger charge is 2.59. The van der Waals surface area contributed by atoms with Crippen LogP contribution in [0.25, 0.3) is 11.3 Å². The lowest BCUT2D eigenvalue weighted by molar-refractivity contribution is -0.187. The van der Waals surface area contributed by atoms with Crippen LogP contribution in [0.1, 0.15) is 35.7 Å². The Kier molecular flexibility index (Phi) is 7.56. The Labute approximate surface area is 235 Å². The Morgan fingerprint density at radius 2 is 1.81 bits per heavy atom. The molecule has 2 aliphatic rings. The number of carbonyl (C=O) groups excluding carboxylic acids is 3. The number of hydrogen-bond donors (Lipinski definition) is 0. The number of fused-ring (bicyclic) bond motifs is 2. The van der Waals surface area contributed by atoms with Crippen LogP contribution in [0.3, 0.4) is 0 Å². The smallest absolute Gasteiger partial charge is 0.332 e. The molecule has 1 aliphatic carbocycles. The Morgan fingerprint density at radius 1 is 1.10 bits per heavy atom. The second kappa shape index (κ2) is 10.9. The summed E-state index contributed by atoms with van der Waals surface area (Å²) in [6.45, 7) is -1.03. The molecule has 220 valence electrons. The van der Waals surface area contributed by atoms with Crippen molar-refractivity contribution in [2.75, 3.05) is 13.3 Å². The molecule has 0 saturated carbocycles. The van der Waals surface area contributed by atoms with E-state index in [-0.39, 0.29) is 23.2 Å². The summed E-state index contributed by atoms with van der Waals surface area (Å²) in [7, 11) is 0. The van der Waals surface area contributed by atoms with Crippen LogP contribution < -0.4 is 0 Å². The molecule has 0 unspecified atom stereocenters. The van der Waals surface area contributed by atoms with Gasteiger partial charge < -0.3 is 14.5 Å². The van der Waals surface area contributed by atoms with Crippen LogP contribution in [0.5, 0.6) is 0 Å². The van der Waals surface area contributed by atoms with E-state index in [2.05, 4.69) is 4.98 Å². The molecule has 2 amide bonds. The maximum absolute atomic E-state index is 13.6. The normalized spacial score (nSPS) is 19.1. The van der Waals surface area contributed by atoms with Gasteiger partial charge in [-0.25, -0.2) is 18.2 Å². The van der Waals surface area contributed by atoms with Crippen LogP contribution in [0.4, 0.5) is 26.3 Å². The van der Waals surface area contributed by atoms with E-state index in [4.69, 9.17) is 4.74 Å². The standard InChI is InChI=1S/C29H23F6N3O4/c1-16(29(33,34)35)38(13-17-5-8-20(30)9-6-17)25(40)14-37-15-42-28(27(37)41)21-10-7-18(11-19(21)12-24(28)39)22-3-2-4-23(36-22)26(31)32/h2-11,16,26H,12-15H2,1H3/t16-,28+/m0/s1. The van der Waals surface area contributed by atoms with Crippen LogP contribution >= 0.6 is 0 Å². The molecule has 7 nitrogen and oxygen atoms in total. The molecule has 0 N–H and O–H groups in total. The fourth-order valence-corrected chi connectivity index (χ4v) is 5.11. The molecule has 2 atom stereocenters. The fraction of sp³-hybridized carbons (Fsp3) is 0.310. The van der Waals surface area contributed by atoms with Crippen molar-refractivity contribution in [3.05, 3.63) is 88.9 Å². The summed E-state index contributed by atoms with van der Waals surface area (Å²) in [5.41, 5.74) is -1.01. The van der Waals surface area contributed by atoms with Gasteiger partial charge in [0.25, 0.3) is 12.3 Å². The minimum atomic E-state index is -4.79. The van der Waals surface area contributed by atoms with E-state index in [9.17, 15) is 40.7 Å². The molecule has 1 aliphatic heterocycles. The summed E-state index contributed by atoms with van der Waals surface area (Å²) in [6.07, 6.45) is -7.80. The number of hydrogen-bond acceptors (Lipinski definition) is 5. The van der Waals surface area contributed by atoms with Crippen molar-refractivity contribution in [2.24, 2.45) is 0 Å². The third kappa shape index (κ3) is 5.24. The summed E-state index contributed by atoms with van der Waals surface area (Å²) >= 11 is 0. The number of halogens is 6. The van der Waals surface area contributed by atoms with Gasteiger partial charge in [-0.1, -0.05) is 30.3 Å². The van der Waals surface area contributed by atoms with Gasteiger partial charge in [-0.3, -0.25) is 14.4 Å². The van der Waals surface area contributed by atoms with Crippen molar-refractivity contribution in [3.63, 3.8) is 0 Å². The Balaban J connectivity index is 1.38. The van der Waals surface area contributed by atoms with Gasteiger partial charge in [-0.05, 0) is 48.4 Å². The van der Waals surface area contributed by atoms with Crippen LogP contribution in [0.15, 0.2) is 60.7 Å². The van der Waals surface area contributed by atoms with Gasteiger partial charge in [0.1, 0.15) is 30.8 Å². The topological polar surface area (TPSA) is 79.8 Å². The molecule has 3 aromatic rings. The van der Waals surface area contributed by atoms with Crippen molar-refractivity contribution in [2.45, 2.75) is 44.1 Å². The predicted molar refractivity (Wildman–Crippen MR) is 135 cm³/mol. The average molecular weight is 592 g/mol. The minimum Gasteiger partial charge on any atom is -0.332 e. The first-order valence-corrected chi connectivity index (χ1v) is 12.8. The van der Waals surface area contributed by atoms with E-state index < -0.39 is 73.2 Å². The molecule has 2 heterocycles. The van der Waals surface area contributed by atoms with Gasteiger partial charge >= 0.3 is 6.18 Å². The number of rotatable bonds is 7. The van der Waals surface area contributed by atoms with E-state index in [0.717, 1.165) is 24.0 Å². The van der Waals surface area contributed by atoms with E-state index in [1.165, 1.54) is 42.5 Å². The highest BCUT2D eigenvalue weighted by Crippen LogP contribution is 2.43. The number of benzene rings is 2. The van der Waals surface area contributed by atoms with Crippen molar-refractivity contribution < 1.29 is 45.5 Å². The molecule has 2 aromatic carbocycles. The molecule has 1 spiro atoms. The summed E-state index contributed by atoms with van der Waals surface area (Å²) in [5.74, 6) is -3.18. The lowest BCUT2D eigenvalue weighted by Gasteiger charge is -2.32. The van der Waals surface area contributed by atoms with Crippen LogP contribution in [0, 0.1) is 5.82 Å². The first-order chi connectivity index (χ1) is 19.8. The van der Waals surface area contributed by atoms with Crippen LogP contribution in [0.2, 0.25) is 0 Å². The first kappa shape index (κ1) is 29.2. The number of aromatic nitrogens is 1. The van der Waals surface area contributed by atoms with Crippen molar-refractivity contribution >= 4 is 17.6 Å². The van der Waals surface area contributed by atoms with Gasteiger partial charge in [0.05, 0.1) is 5.69 Å². The van der Waals surface area contributed by atoms with E-state index in [0.29, 0.717) is 16.0 Å². The lowest BCUT2D eigenvalue weighted by atomic mass is 9.93. The molecular weight excluding hydrogens is 568 g/mol. The van der Waals surface area contributed by atoms with Crippen LogP contribution in [-0.2, 0) is 37.7 Å². The lowest BCUT2D eigenvalue weighted by Crippen LogP contribution is -2.51. The molecular formula is C29H23F6N3O4. The van der Waals surface area contributed by atoms with E-state index >= 15 is 0 Å². The van der Waals surface area contributed by atoms with E-state index in [1.807, 2.05) is 0 Å². The van der Waals surface area contributed by atoms with Gasteiger partial charge in [0.15, 0.2) is 5.78 Å². The fourth-order valence-electron chi connectivity index (χ4n) is 5.11. The number of nitrogens with zero attached hydrogens (tertiary/aromatic N) is 3. The molecule has 42 heavy (non-hydrogen) atoms. The third-order valence-electron chi connectivity index (χ3n) is 7.40. The van der Waals surface area contributed by atoms with Gasteiger partial charge in [0, 0.05) is 24.1 Å². The highest BCUT2D eigenvalue weighted by molar-refractivity contribution is 6.15. The Hall–Kier alpha value is -4.26. The van der Waals surface area contributed by atoms with Crippen molar-refractivity contribution in [1.82, 2.24) is 14.8 Å². The molecule has 1 fully saturated rings. The molecule has 0 radical (unpaired) electrons. The zero-order valence-corrected chi connectivity index (χ0v) is 22.0. The Morgan fingerprint density at radius 3 is 2.48 bits per heavy atom. The van der Waals surface area contributed by atoms with Gasteiger partial charge in [-0.15, -0.1) is 0 Å². The number of ether oxygens (including phenoxy) is 1. The number of carbonyl (C=O) groups is 3. The largest absolute Gasteiger partial charge is 0.408 e. The molecule has 1 aromatic heterocycles. The summed E-state index contributed by atoms with van der Waals surface area (Å²) < 4.78 is 86.2. The van der Waals surface area contributed by atoms with Crippen molar-refractivity contribution in [3.8, 4) is 11.3 Å². The number of alkyl halides is 5. The number of ketones is 1. The Bertz CT molecular complexity index is 1550. The highest BCUT2D eigenvalue weighted by atomic mass is 19.4. The zero-order chi connectivity index (χ0) is 30.4. The predicted octanol–water partition coefficient (Wildman–Crippen LogP) is 4.94. The summed E-state index contributed by atoms with van der Waals surface area (Å²) in [5, 5.41) is 0. The molecule has 5 rings (SSSR count). The number of amides is 2. The maximum Gasteiger partial charge on any atom is 0.408 e. The summed E-state index contributed by atoms with van der Waals surface area (Å²) in [4.78, 5) is 45.2. The zero-order valence-electron chi connectivity index (χ0n) is 22.0. The number of Topliss-reactive ketones (excluding diaryl/α,β-unsaturated/α-hetero) is 1. The molecule has 13 heteroatoms. The quantitative estimate of drug-likeness (QED) is 0.287. The maximum atomic E-state index is 13.6. The minimum absolute atomic E-state index is 0.202.